The average Bonchev–Trinajstić information content (AvgIpc) is 2.15. The highest BCUT2D eigenvalue weighted by molar-refractivity contribution is 9.10. The topological polar surface area (TPSA) is 35.2 Å². The lowest BCUT2D eigenvalue weighted by molar-refractivity contribution is 0.312. The second kappa shape index (κ2) is 5.25. The maximum Gasteiger partial charge on any atom is 0.137 e. The molecule has 0 bridgehead atoms. The molecule has 0 amide bonds. The van der Waals surface area contributed by atoms with E-state index < -0.39 is 0 Å². The van der Waals surface area contributed by atoms with Crippen molar-refractivity contribution in [1.82, 2.24) is 0 Å². The predicted molar refractivity (Wildman–Crippen MR) is 57.8 cm³/mol. The van der Waals surface area contributed by atoms with Crippen LogP contribution in [-0.2, 0) is 6.54 Å². The Morgan fingerprint density at radius 1 is 1.46 bits per heavy atom. The lowest BCUT2D eigenvalue weighted by atomic mass is 10.2. The van der Waals surface area contributed by atoms with Gasteiger partial charge in [-0.15, -0.1) is 0 Å². The highest BCUT2D eigenvalue weighted by atomic mass is 79.9. The summed E-state index contributed by atoms with van der Waals surface area (Å²) in [6, 6.07) is 5.91. The molecule has 0 fully saturated rings. The first-order valence-electron chi connectivity index (χ1n) is 4.39. The third-order valence-electron chi connectivity index (χ3n) is 1.72. The molecular formula is C10H14BrNO. The molecule has 0 aliphatic carbocycles. The van der Waals surface area contributed by atoms with Gasteiger partial charge in [0.25, 0.3) is 0 Å². The van der Waals surface area contributed by atoms with E-state index in [1.54, 1.807) is 0 Å². The Labute approximate surface area is 87.2 Å². The van der Waals surface area contributed by atoms with E-state index in [2.05, 4.69) is 22.9 Å². The van der Waals surface area contributed by atoms with Crippen molar-refractivity contribution in [2.24, 2.45) is 5.73 Å². The van der Waals surface area contributed by atoms with Gasteiger partial charge >= 0.3 is 0 Å². The molecule has 2 N–H and O–H groups in total. The van der Waals surface area contributed by atoms with Crippen LogP contribution in [0.2, 0.25) is 0 Å². The van der Waals surface area contributed by atoms with E-state index in [4.69, 9.17) is 10.5 Å². The fourth-order valence-electron chi connectivity index (χ4n) is 1.08. The van der Waals surface area contributed by atoms with Crippen LogP contribution in [0, 0.1) is 0 Å². The Kier molecular flexibility index (Phi) is 4.25. The van der Waals surface area contributed by atoms with Crippen molar-refractivity contribution in [1.29, 1.82) is 0 Å². The lowest BCUT2D eigenvalue weighted by Gasteiger charge is -2.10. The predicted octanol–water partition coefficient (Wildman–Crippen LogP) is 2.70. The van der Waals surface area contributed by atoms with E-state index in [1.807, 2.05) is 18.2 Å². The highest BCUT2D eigenvalue weighted by Gasteiger charge is 2.05. The summed E-state index contributed by atoms with van der Waals surface area (Å²) < 4.78 is 6.56. The van der Waals surface area contributed by atoms with Crippen LogP contribution in [0.4, 0.5) is 0 Å². The van der Waals surface area contributed by atoms with E-state index in [-0.39, 0.29) is 0 Å². The maximum absolute atomic E-state index is 5.59. The first-order chi connectivity index (χ1) is 6.29. The summed E-state index contributed by atoms with van der Waals surface area (Å²) in [5.74, 6) is 0.881. The molecule has 1 aromatic carbocycles. The molecule has 0 radical (unpaired) electrons. The molecule has 0 heterocycles. The Morgan fingerprint density at radius 2 is 2.23 bits per heavy atom. The van der Waals surface area contributed by atoms with Crippen LogP contribution in [0.1, 0.15) is 18.9 Å². The number of hydrogen-bond donors (Lipinski definition) is 1. The minimum atomic E-state index is 0.512. The van der Waals surface area contributed by atoms with E-state index >= 15 is 0 Å². The first-order valence-corrected chi connectivity index (χ1v) is 5.19. The number of hydrogen-bond acceptors (Lipinski definition) is 2. The number of halogens is 1. The van der Waals surface area contributed by atoms with Gasteiger partial charge in [0.2, 0.25) is 0 Å². The van der Waals surface area contributed by atoms with Crippen LogP contribution >= 0.6 is 15.9 Å². The van der Waals surface area contributed by atoms with Crippen molar-refractivity contribution >= 4 is 15.9 Å². The fourth-order valence-corrected chi connectivity index (χ4v) is 1.60. The summed E-state index contributed by atoms with van der Waals surface area (Å²) in [7, 11) is 0. The summed E-state index contributed by atoms with van der Waals surface area (Å²) in [5.41, 5.74) is 6.63. The Bertz CT molecular complexity index is 276. The van der Waals surface area contributed by atoms with Crippen molar-refractivity contribution in [3.63, 3.8) is 0 Å². The van der Waals surface area contributed by atoms with Crippen LogP contribution in [0.3, 0.4) is 0 Å². The molecule has 0 aliphatic heterocycles. The van der Waals surface area contributed by atoms with Crippen molar-refractivity contribution in [3.8, 4) is 5.75 Å². The van der Waals surface area contributed by atoms with Gasteiger partial charge in [-0.2, -0.15) is 0 Å². The third-order valence-corrected chi connectivity index (χ3v) is 2.34. The Balaban J connectivity index is 2.87. The number of benzene rings is 1. The van der Waals surface area contributed by atoms with Gasteiger partial charge in [-0.25, -0.2) is 0 Å². The van der Waals surface area contributed by atoms with E-state index in [0.29, 0.717) is 6.54 Å². The third kappa shape index (κ3) is 2.71. The van der Waals surface area contributed by atoms with Gasteiger partial charge in [-0.05, 0) is 28.4 Å². The van der Waals surface area contributed by atoms with Crippen LogP contribution in [0.15, 0.2) is 22.7 Å². The van der Waals surface area contributed by atoms with Gasteiger partial charge in [0.15, 0.2) is 0 Å². The molecule has 2 nitrogen and oxygen atoms in total. The lowest BCUT2D eigenvalue weighted by Crippen LogP contribution is -2.03. The van der Waals surface area contributed by atoms with Gasteiger partial charge in [-0.3, -0.25) is 0 Å². The molecule has 0 spiro atoms. The monoisotopic (exact) mass is 243 g/mol. The summed E-state index contributed by atoms with van der Waals surface area (Å²) >= 11 is 3.44. The first kappa shape index (κ1) is 10.5. The highest BCUT2D eigenvalue weighted by Crippen LogP contribution is 2.28. The minimum absolute atomic E-state index is 0.512. The molecular weight excluding hydrogens is 230 g/mol. The quantitative estimate of drug-likeness (QED) is 0.883. The second-order valence-electron chi connectivity index (χ2n) is 2.78. The molecule has 0 unspecified atom stereocenters. The molecule has 0 saturated carbocycles. The van der Waals surface area contributed by atoms with Crippen molar-refractivity contribution < 1.29 is 4.74 Å². The van der Waals surface area contributed by atoms with Crippen LogP contribution in [-0.4, -0.2) is 6.61 Å². The number of rotatable bonds is 4. The van der Waals surface area contributed by atoms with Gasteiger partial charge in [0, 0.05) is 12.1 Å². The molecule has 1 rings (SSSR count). The summed E-state index contributed by atoms with van der Waals surface area (Å²) in [6.45, 7) is 3.33. The molecule has 3 heteroatoms. The molecule has 0 saturated heterocycles. The van der Waals surface area contributed by atoms with E-state index in [9.17, 15) is 0 Å². The van der Waals surface area contributed by atoms with Crippen LogP contribution < -0.4 is 10.5 Å². The molecule has 0 aromatic heterocycles. The van der Waals surface area contributed by atoms with Gasteiger partial charge in [-0.1, -0.05) is 19.1 Å². The zero-order valence-corrected chi connectivity index (χ0v) is 9.30. The standard InChI is InChI=1S/C10H14BrNO/c1-2-6-13-10-8(7-12)4-3-5-9(10)11/h3-5H,2,6-7,12H2,1H3. The molecule has 0 aliphatic rings. The van der Waals surface area contributed by atoms with Crippen molar-refractivity contribution in [2.75, 3.05) is 6.61 Å². The largest absolute Gasteiger partial charge is 0.492 e. The number of para-hydroxylation sites is 1. The van der Waals surface area contributed by atoms with Crippen LogP contribution in [0.5, 0.6) is 5.75 Å². The van der Waals surface area contributed by atoms with Crippen LogP contribution in [0.25, 0.3) is 0 Å². The number of nitrogens with two attached hydrogens (primary N) is 1. The average molecular weight is 244 g/mol. The molecule has 72 valence electrons. The smallest absolute Gasteiger partial charge is 0.137 e. The van der Waals surface area contributed by atoms with E-state index in [1.165, 1.54) is 0 Å². The van der Waals surface area contributed by atoms with E-state index in [0.717, 1.165) is 28.8 Å². The van der Waals surface area contributed by atoms with Crippen molar-refractivity contribution in [3.05, 3.63) is 28.2 Å². The van der Waals surface area contributed by atoms with Crippen molar-refractivity contribution in [2.45, 2.75) is 19.9 Å². The second-order valence-corrected chi connectivity index (χ2v) is 3.64. The van der Waals surface area contributed by atoms with Gasteiger partial charge < -0.3 is 10.5 Å². The molecule has 1 aromatic rings. The molecule has 13 heavy (non-hydrogen) atoms. The maximum atomic E-state index is 5.59. The summed E-state index contributed by atoms with van der Waals surface area (Å²) in [6.07, 6.45) is 1.01. The van der Waals surface area contributed by atoms with Gasteiger partial charge in [0.05, 0.1) is 11.1 Å². The summed E-state index contributed by atoms with van der Waals surface area (Å²) in [5, 5.41) is 0. The minimum Gasteiger partial charge on any atom is -0.492 e. The SMILES string of the molecule is CCCOc1c(Br)cccc1CN. The fraction of sp³-hybridized carbons (Fsp3) is 0.400. The normalized spacial score (nSPS) is 10.1. The summed E-state index contributed by atoms with van der Waals surface area (Å²) in [4.78, 5) is 0. The number of ether oxygens (including phenoxy) is 1. The van der Waals surface area contributed by atoms with Gasteiger partial charge in [0.1, 0.15) is 5.75 Å². The zero-order valence-electron chi connectivity index (χ0n) is 7.72. The molecule has 0 atom stereocenters. The zero-order chi connectivity index (χ0) is 9.68. The Morgan fingerprint density at radius 3 is 2.85 bits per heavy atom. The Hall–Kier alpha value is -0.540.